The lowest BCUT2D eigenvalue weighted by atomic mass is 10.2. The number of anilines is 3. The fourth-order valence-corrected chi connectivity index (χ4v) is 3.02. The van der Waals surface area contributed by atoms with E-state index in [-0.39, 0.29) is 24.1 Å². The van der Waals surface area contributed by atoms with Gasteiger partial charge in [-0.05, 0) is 36.4 Å². The lowest BCUT2D eigenvalue weighted by Gasteiger charge is -2.19. The van der Waals surface area contributed by atoms with Crippen molar-refractivity contribution < 1.29 is 23.9 Å². The molecule has 146 valence electrons. The molecule has 0 saturated carbocycles. The topological polar surface area (TPSA) is 97.0 Å². The lowest BCUT2D eigenvalue weighted by molar-refractivity contribution is -0.121. The molecule has 1 aliphatic rings. The lowest BCUT2D eigenvalue weighted by Crippen LogP contribution is -2.35. The molecule has 28 heavy (non-hydrogen) atoms. The number of imide groups is 1. The quantitative estimate of drug-likeness (QED) is 0.744. The van der Waals surface area contributed by atoms with Gasteiger partial charge in [0.05, 0.1) is 26.3 Å². The van der Waals surface area contributed by atoms with Gasteiger partial charge in [0.2, 0.25) is 11.8 Å². The Bertz CT molecular complexity index is 911. The minimum Gasteiger partial charge on any atom is -0.497 e. The van der Waals surface area contributed by atoms with Crippen molar-refractivity contribution in [3.8, 4) is 11.5 Å². The van der Waals surface area contributed by atoms with Gasteiger partial charge in [0.15, 0.2) is 0 Å². The molecule has 0 bridgehead atoms. The van der Waals surface area contributed by atoms with Crippen LogP contribution in [0.25, 0.3) is 0 Å². The first-order valence-electron chi connectivity index (χ1n) is 8.66. The molecule has 8 heteroatoms. The van der Waals surface area contributed by atoms with Crippen LogP contribution in [0.15, 0.2) is 42.5 Å². The number of methoxy groups -OCH3 is 2. The monoisotopic (exact) mass is 383 g/mol. The largest absolute Gasteiger partial charge is 0.497 e. The van der Waals surface area contributed by atoms with Crippen LogP contribution in [0.2, 0.25) is 0 Å². The summed E-state index contributed by atoms with van der Waals surface area (Å²) in [4.78, 5) is 37.6. The predicted octanol–water partition coefficient (Wildman–Crippen LogP) is 2.41. The molecule has 2 aromatic carbocycles. The zero-order chi connectivity index (χ0) is 20.3. The molecular formula is C20H21N3O5. The van der Waals surface area contributed by atoms with Crippen molar-refractivity contribution >= 4 is 34.8 Å². The molecule has 3 amide bonds. The summed E-state index contributed by atoms with van der Waals surface area (Å²) < 4.78 is 10.5. The molecular weight excluding hydrogens is 362 g/mol. The van der Waals surface area contributed by atoms with Gasteiger partial charge in [-0.1, -0.05) is 0 Å². The van der Waals surface area contributed by atoms with Crippen LogP contribution < -0.4 is 25.0 Å². The van der Waals surface area contributed by atoms with Crippen LogP contribution in [0.3, 0.4) is 0 Å². The van der Waals surface area contributed by atoms with Gasteiger partial charge in [0.1, 0.15) is 17.5 Å². The second-order valence-electron chi connectivity index (χ2n) is 6.26. The van der Waals surface area contributed by atoms with E-state index >= 15 is 0 Å². The third-order valence-electron chi connectivity index (χ3n) is 4.32. The minimum atomic E-state index is -0.689. The van der Waals surface area contributed by atoms with Crippen molar-refractivity contribution in [3.05, 3.63) is 42.5 Å². The Morgan fingerprint density at radius 3 is 2.32 bits per heavy atom. The number of hydrogen-bond acceptors (Lipinski definition) is 6. The maximum atomic E-state index is 12.9. The summed E-state index contributed by atoms with van der Waals surface area (Å²) in [7, 11) is 2.99. The van der Waals surface area contributed by atoms with E-state index in [9.17, 15) is 14.4 Å². The van der Waals surface area contributed by atoms with Crippen LogP contribution in [0.5, 0.6) is 11.5 Å². The predicted molar refractivity (Wildman–Crippen MR) is 105 cm³/mol. The minimum absolute atomic E-state index is 0.0292. The molecule has 1 aliphatic heterocycles. The third-order valence-corrected chi connectivity index (χ3v) is 4.32. The number of carbonyl (C=O) groups is 3. The van der Waals surface area contributed by atoms with Crippen molar-refractivity contribution in [1.82, 2.24) is 0 Å². The fourth-order valence-electron chi connectivity index (χ4n) is 3.02. The Morgan fingerprint density at radius 2 is 1.71 bits per heavy atom. The van der Waals surface area contributed by atoms with Gasteiger partial charge in [-0.3, -0.25) is 14.4 Å². The molecule has 3 rings (SSSR count). The van der Waals surface area contributed by atoms with E-state index in [1.807, 2.05) is 0 Å². The maximum Gasteiger partial charge on any atom is 0.256 e. The normalized spacial score (nSPS) is 16.1. The average molecular weight is 383 g/mol. The van der Waals surface area contributed by atoms with Gasteiger partial charge < -0.3 is 20.1 Å². The Balaban J connectivity index is 1.77. The van der Waals surface area contributed by atoms with Gasteiger partial charge in [-0.2, -0.15) is 0 Å². The van der Waals surface area contributed by atoms with Gasteiger partial charge in [0, 0.05) is 24.4 Å². The van der Waals surface area contributed by atoms with E-state index in [0.29, 0.717) is 28.6 Å². The van der Waals surface area contributed by atoms with Crippen LogP contribution in [0.4, 0.5) is 17.1 Å². The zero-order valence-corrected chi connectivity index (χ0v) is 15.8. The summed E-state index contributed by atoms with van der Waals surface area (Å²) in [5.74, 6) is 0.0941. The van der Waals surface area contributed by atoms with Crippen molar-refractivity contribution in [1.29, 1.82) is 0 Å². The van der Waals surface area contributed by atoms with Crippen molar-refractivity contribution in [3.63, 3.8) is 0 Å². The van der Waals surface area contributed by atoms with Crippen LogP contribution in [-0.2, 0) is 14.4 Å². The second kappa shape index (κ2) is 7.99. The van der Waals surface area contributed by atoms with Crippen molar-refractivity contribution in [2.45, 2.75) is 19.4 Å². The number of nitrogens with one attached hydrogen (secondary N) is 2. The zero-order valence-electron chi connectivity index (χ0n) is 15.8. The second-order valence-corrected chi connectivity index (χ2v) is 6.26. The molecule has 8 nitrogen and oxygen atoms in total. The Morgan fingerprint density at radius 1 is 1.04 bits per heavy atom. The summed E-state index contributed by atoms with van der Waals surface area (Å²) in [5, 5.41) is 5.74. The van der Waals surface area contributed by atoms with Crippen LogP contribution in [-0.4, -0.2) is 38.0 Å². The summed E-state index contributed by atoms with van der Waals surface area (Å²) in [5.41, 5.74) is 1.70. The molecule has 0 aromatic heterocycles. The first-order chi connectivity index (χ1) is 13.4. The average Bonchev–Trinajstić information content (AvgIpc) is 2.95. The number of rotatable bonds is 6. The third kappa shape index (κ3) is 3.90. The molecule has 2 N–H and O–H groups in total. The number of benzene rings is 2. The van der Waals surface area contributed by atoms with Crippen LogP contribution in [0, 0.1) is 0 Å². The summed E-state index contributed by atoms with van der Waals surface area (Å²) in [6.07, 6.45) is 0.0292. The fraction of sp³-hybridized carbons (Fsp3) is 0.250. The van der Waals surface area contributed by atoms with Crippen LogP contribution >= 0.6 is 0 Å². The van der Waals surface area contributed by atoms with Crippen molar-refractivity contribution in [2.75, 3.05) is 29.8 Å². The van der Waals surface area contributed by atoms with Gasteiger partial charge in [-0.25, -0.2) is 4.90 Å². The summed E-state index contributed by atoms with van der Waals surface area (Å²) in [6.45, 7) is 1.43. The molecule has 1 saturated heterocycles. The molecule has 1 fully saturated rings. The van der Waals surface area contributed by atoms with Gasteiger partial charge in [-0.15, -0.1) is 0 Å². The number of hydrogen-bond donors (Lipinski definition) is 2. The van der Waals surface area contributed by atoms with Crippen LogP contribution in [0.1, 0.15) is 13.3 Å². The number of nitrogens with zero attached hydrogens (tertiary/aromatic N) is 1. The van der Waals surface area contributed by atoms with Crippen molar-refractivity contribution in [2.24, 2.45) is 0 Å². The van der Waals surface area contributed by atoms with E-state index in [2.05, 4.69) is 10.6 Å². The number of ether oxygens (including phenoxy) is 2. The summed E-state index contributed by atoms with van der Waals surface area (Å²) in [6, 6.07) is 11.1. The summed E-state index contributed by atoms with van der Waals surface area (Å²) >= 11 is 0. The molecule has 2 aromatic rings. The first-order valence-corrected chi connectivity index (χ1v) is 8.66. The highest BCUT2D eigenvalue weighted by molar-refractivity contribution is 6.23. The first kappa shape index (κ1) is 19.2. The molecule has 1 atom stereocenters. The van der Waals surface area contributed by atoms with E-state index in [1.165, 1.54) is 21.1 Å². The van der Waals surface area contributed by atoms with E-state index < -0.39 is 6.04 Å². The molecule has 0 unspecified atom stereocenters. The highest BCUT2D eigenvalue weighted by Crippen LogP contribution is 2.35. The SMILES string of the molecule is COc1ccc(N2C(=O)C[C@@H](Nc3ccc(NC(C)=O)cc3)C2=O)c(OC)c1. The van der Waals surface area contributed by atoms with E-state index in [4.69, 9.17) is 9.47 Å². The Labute approximate surface area is 162 Å². The maximum absolute atomic E-state index is 12.9. The molecule has 0 spiro atoms. The number of carbonyl (C=O) groups excluding carboxylic acids is 3. The highest BCUT2D eigenvalue weighted by Gasteiger charge is 2.40. The van der Waals surface area contributed by atoms with E-state index in [0.717, 1.165) is 4.90 Å². The Hall–Kier alpha value is -3.55. The standard InChI is InChI=1S/C20H21N3O5/c1-12(24)21-13-4-6-14(7-5-13)22-16-11-19(25)23(20(16)26)17-9-8-15(27-2)10-18(17)28-3/h4-10,16,22H,11H2,1-3H3,(H,21,24)/t16-/m1/s1. The highest BCUT2D eigenvalue weighted by atomic mass is 16.5. The smallest absolute Gasteiger partial charge is 0.256 e. The van der Waals surface area contributed by atoms with Gasteiger partial charge >= 0.3 is 0 Å². The molecule has 0 radical (unpaired) electrons. The Kier molecular flexibility index (Phi) is 5.49. The molecule has 1 heterocycles. The molecule has 0 aliphatic carbocycles. The van der Waals surface area contributed by atoms with E-state index in [1.54, 1.807) is 42.5 Å². The van der Waals surface area contributed by atoms with Gasteiger partial charge in [0.25, 0.3) is 5.91 Å². The number of amides is 3.